The zero-order valence-electron chi connectivity index (χ0n) is 16.7. The van der Waals surface area contributed by atoms with Crippen molar-refractivity contribution in [3.05, 3.63) is 17.0 Å². The molecule has 0 bridgehead atoms. The maximum absolute atomic E-state index is 12.6. The van der Waals surface area contributed by atoms with E-state index in [1.54, 1.807) is 0 Å². The third-order valence-corrected chi connectivity index (χ3v) is 5.91. The van der Waals surface area contributed by atoms with Crippen molar-refractivity contribution in [3.63, 3.8) is 0 Å². The molecule has 0 aliphatic carbocycles. The van der Waals surface area contributed by atoms with Gasteiger partial charge in [-0.15, -0.1) is 0 Å². The van der Waals surface area contributed by atoms with E-state index in [9.17, 15) is 4.79 Å². The van der Waals surface area contributed by atoms with E-state index < -0.39 is 0 Å². The number of anilines is 1. The van der Waals surface area contributed by atoms with E-state index in [2.05, 4.69) is 18.7 Å². The fraction of sp³-hybridized carbons (Fsp3) is 0.750. The van der Waals surface area contributed by atoms with Crippen molar-refractivity contribution >= 4 is 11.9 Å². The third kappa shape index (κ3) is 3.55. The number of likely N-dealkylation sites (tertiary alicyclic amines) is 1. The number of rotatable bonds is 3. The summed E-state index contributed by atoms with van der Waals surface area (Å²) in [5, 5.41) is 0. The third-order valence-electron chi connectivity index (χ3n) is 5.91. The standard InChI is InChI=1S/C20H30N4O3/c1-14(2)10-17(25)24-5-4-20(12-24)13-27-11-16-15(3)21-19(22-18(16)20)23-6-8-26-9-7-23/h14H,4-13H2,1-3H3/t20-/m0/s1. The van der Waals surface area contributed by atoms with Crippen LogP contribution in [0.25, 0.3) is 0 Å². The van der Waals surface area contributed by atoms with Gasteiger partial charge in [0, 0.05) is 43.9 Å². The Morgan fingerprint density at radius 1 is 1.19 bits per heavy atom. The molecule has 7 heteroatoms. The van der Waals surface area contributed by atoms with Crippen LogP contribution in [-0.2, 0) is 26.3 Å². The number of amides is 1. The number of aryl methyl sites for hydroxylation is 1. The quantitative estimate of drug-likeness (QED) is 0.802. The number of ether oxygens (including phenoxy) is 2. The largest absolute Gasteiger partial charge is 0.378 e. The minimum Gasteiger partial charge on any atom is -0.378 e. The summed E-state index contributed by atoms with van der Waals surface area (Å²) < 4.78 is 11.4. The van der Waals surface area contributed by atoms with Gasteiger partial charge in [-0.05, 0) is 19.3 Å². The van der Waals surface area contributed by atoms with Gasteiger partial charge in [-0.3, -0.25) is 4.79 Å². The highest BCUT2D eigenvalue weighted by atomic mass is 16.5. The van der Waals surface area contributed by atoms with Crippen LogP contribution in [0.3, 0.4) is 0 Å². The molecule has 2 fully saturated rings. The van der Waals surface area contributed by atoms with E-state index in [1.165, 1.54) is 0 Å². The van der Waals surface area contributed by atoms with Gasteiger partial charge < -0.3 is 19.3 Å². The minimum absolute atomic E-state index is 0.199. The van der Waals surface area contributed by atoms with Crippen molar-refractivity contribution in [2.75, 3.05) is 50.9 Å². The van der Waals surface area contributed by atoms with Crippen LogP contribution < -0.4 is 4.90 Å². The molecule has 0 saturated carbocycles. The van der Waals surface area contributed by atoms with E-state index in [4.69, 9.17) is 19.4 Å². The van der Waals surface area contributed by atoms with Gasteiger partial charge in [-0.25, -0.2) is 9.97 Å². The Kier molecular flexibility index (Phi) is 5.07. The van der Waals surface area contributed by atoms with Crippen LogP contribution in [-0.4, -0.2) is 66.8 Å². The zero-order chi connectivity index (χ0) is 19.0. The number of hydrogen-bond donors (Lipinski definition) is 0. The van der Waals surface area contributed by atoms with E-state index in [1.807, 2.05) is 11.8 Å². The van der Waals surface area contributed by atoms with Gasteiger partial charge >= 0.3 is 0 Å². The first kappa shape index (κ1) is 18.6. The number of carbonyl (C=O) groups excluding carboxylic acids is 1. The van der Waals surface area contributed by atoms with E-state index >= 15 is 0 Å². The Labute approximate surface area is 161 Å². The molecule has 0 N–H and O–H groups in total. The normalized spacial score (nSPS) is 25.3. The molecule has 1 aromatic rings. The number of hydrogen-bond acceptors (Lipinski definition) is 6. The van der Waals surface area contributed by atoms with Gasteiger partial charge in [0.1, 0.15) is 0 Å². The number of carbonyl (C=O) groups is 1. The van der Waals surface area contributed by atoms with Crippen molar-refractivity contribution in [3.8, 4) is 0 Å². The van der Waals surface area contributed by atoms with Crippen LogP contribution >= 0.6 is 0 Å². The molecule has 3 aliphatic heterocycles. The topological polar surface area (TPSA) is 67.8 Å². The predicted molar refractivity (Wildman–Crippen MR) is 102 cm³/mol. The lowest BCUT2D eigenvalue weighted by molar-refractivity contribution is -0.131. The van der Waals surface area contributed by atoms with Gasteiger partial charge in [-0.2, -0.15) is 0 Å². The molecule has 4 heterocycles. The van der Waals surface area contributed by atoms with Gasteiger partial charge in [0.15, 0.2) is 0 Å². The SMILES string of the molecule is Cc1nc(N2CCOCC2)nc2c1COC[C@@]21CCN(C(=O)CC(C)C)C1. The Balaban J connectivity index is 1.64. The van der Waals surface area contributed by atoms with Crippen molar-refractivity contribution in [2.45, 2.75) is 45.6 Å². The maximum Gasteiger partial charge on any atom is 0.225 e. The monoisotopic (exact) mass is 374 g/mol. The highest BCUT2D eigenvalue weighted by molar-refractivity contribution is 5.77. The summed E-state index contributed by atoms with van der Waals surface area (Å²) in [7, 11) is 0. The van der Waals surface area contributed by atoms with Gasteiger partial charge in [0.2, 0.25) is 11.9 Å². The van der Waals surface area contributed by atoms with E-state index in [0.29, 0.717) is 45.3 Å². The lowest BCUT2D eigenvalue weighted by Gasteiger charge is -2.36. The smallest absolute Gasteiger partial charge is 0.225 e. The summed E-state index contributed by atoms with van der Waals surface area (Å²) in [5.41, 5.74) is 3.00. The Bertz CT molecular complexity index is 717. The second-order valence-electron chi connectivity index (χ2n) is 8.47. The summed E-state index contributed by atoms with van der Waals surface area (Å²) in [6, 6.07) is 0. The van der Waals surface area contributed by atoms with Gasteiger partial charge in [0.05, 0.1) is 37.5 Å². The van der Waals surface area contributed by atoms with Crippen LogP contribution in [0, 0.1) is 12.8 Å². The molecule has 3 aliphatic rings. The predicted octanol–water partition coefficient (Wildman–Crippen LogP) is 1.67. The Morgan fingerprint density at radius 3 is 2.70 bits per heavy atom. The van der Waals surface area contributed by atoms with Crippen LogP contribution in [0.5, 0.6) is 0 Å². The fourth-order valence-corrected chi connectivity index (χ4v) is 4.39. The molecule has 0 unspecified atom stereocenters. The second kappa shape index (κ2) is 7.36. The summed E-state index contributed by atoms with van der Waals surface area (Å²) in [6.45, 7) is 12.0. The van der Waals surface area contributed by atoms with Gasteiger partial charge in [0.25, 0.3) is 0 Å². The van der Waals surface area contributed by atoms with Crippen LogP contribution in [0.4, 0.5) is 5.95 Å². The molecule has 1 amide bonds. The Hall–Kier alpha value is -1.73. The zero-order valence-corrected chi connectivity index (χ0v) is 16.7. The molecular formula is C20H30N4O3. The first-order valence-electron chi connectivity index (χ1n) is 10.0. The molecule has 148 valence electrons. The summed E-state index contributed by atoms with van der Waals surface area (Å²) in [5.74, 6) is 1.41. The average Bonchev–Trinajstić information content (AvgIpc) is 3.08. The fourth-order valence-electron chi connectivity index (χ4n) is 4.39. The lowest BCUT2D eigenvalue weighted by Crippen LogP contribution is -2.43. The first-order chi connectivity index (χ1) is 13.0. The maximum atomic E-state index is 12.6. The van der Waals surface area contributed by atoms with Crippen molar-refractivity contribution < 1.29 is 14.3 Å². The summed E-state index contributed by atoms with van der Waals surface area (Å²) in [4.78, 5) is 26.6. The molecule has 1 aromatic heterocycles. The number of morpholine rings is 1. The number of fused-ring (bicyclic) bond motifs is 2. The van der Waals surface area contributed by atoms with Crippen LogP contribution in [0.2, 0.25) is 0 Å². The van der Waals surface area contributed by atoms with Crippen LogP contribution in [0.15, 0.2) is 0 Å². The first-order valence-corrected chi connectivity index (χ1v) is 10.0. The molecule has 27 heavy (non-hydrogen) atoms. The number of nitrogens with zero attached hydrogens (tertiary/aromatic N) is 4. The van der Waals surface area contributed by atoms with E-state index in [0.717, 1.165) is 49.0 Å². The van der Waals surface area contributed by atoms with E-state index in [-0.39, 0.29) is 11.3 Å². The number of aromatic nitrogens is 2. The van der Waals surface area contributed by atoms with Gasteiger partial charge in [-0.1, -0.05) is 13.8 Å². The average molecular weight is 374 g/mol. The Morgan fingerprint density at radius 2 is 1.96 bits per heavy atom. The van der Waals surface area contributed by atoms with Crippen molar-refractivity contribution in [1.82, 2.24) is 14.9 Å². The highest BCUT2D eigenvalue weighted by Crippen LogP contribution is 2.40. The second-order valence-corrected chi connectivity index (χ2v) is 8.47. The molecule has 7 nitrogen and oxygen atoms in total. The molecule has 2 saturated heterocycles. The van der Waals surface area contributed by atoms with Crippen molar-refractivity contribution in [2.24, 2.45) is 5.92 Å². The van der Waals surface area contributed by atoms with Crippen molar-refractivity contribution in [1.29, 1.82) is 0 Å². The molecule has 1 atom stereocenters. The molecule has 1 spiro atoms. The van der Waals surface area contributed by atoms with Crippen LogP contribution in [0.1, 0.15) is 43.6 Å². The molecule has 0 radical (unpaired) electrons. The summed E-state index contributed by atoms with van der Waals surface area (Å²) >= 11 is 0. The lowest BCUT2D eigenvalue weighted by atomic mass is 9.80. The molecule has 0 aromatic carbocycles. The minimum atomic E-state index is -0.199. The molecule has 4 rings (SSSR count). The molecular weight excluding hydrogens is 344 g/mol. The summed E-state index contributed by atoms with van der Waals surface area (Å²) in [6.07, 6.45) is 1.51. The highest BCUT2D eigenvalue weighted by Gasteiger charge is 2.46.